The summed E-state index contributed by atoms with van der Waals surface area (Å²) in [5.41, 5.74) is 1.44. The van der Waals surface area contributed by atoms with Crippen molar-refractivity contribution in [2.24, 2.45) is 0 Å². The highest BCUT2D eigenvalue weighted by atomic mass is 16.7. The van der Waals surface area contributed by atoms with Crippen LogP contribution < -0.4 is 11.2 Å². The van der Waals surface area contributed by atoms with Gasteiger partial charge in [-0.15, -0.1) is 0 Å². The summed E-state index contributed by atoms with van der Waals surface area (Å²) in [5.74, 6) is -0.510. The Labute approximate surface area is 124 Å². The molecule has 1 saturated heterocycles. The molecule has 0 aliphatic carbocycles. The molecule has 1 aromatic heterocycles. The minimum Gasteiger partial charge on any atom is -0.394 e. The van der Waals surface area contributed by atoms with Crippen molar-refractivity contribution in [3.63, 3.8) is 0 Å². The highest BCUT2D eigenvalue weighted by Gasteiger charge is 2.43. The molecule has 1 aromatic rings. The number of hydrogen-bond donors (Lipinski definition) is 4. The van der Waals surface area contributed by atoms with Crippen LogP contribution in [0.5, 0.6) is 0 Å². The maximum absolute atomic E-state index is 11.9. The van der Waals surface area contributed by atoms with Crippen molar-refractivity contribution in [3.05, 3.63) is 22.7 Å². The van der Waals surface area contributed by atoms with E-state index in [2.05, 4.69) is 15.3 Å². The molecular weight excluding hydrogens is 298 g/mol. The van der Waals surface area contributed by atoms with Gasteiger partial charge in [-0.2, -0.15) is 4.98 Å². The third-order valence-corrected chi connectivity index (χ3v) is 3.18. The van der Waals surface area contributed by atoms with Gasteiger partial charge in [0.2, 0.25) is 0 Å². The van der Waals surface area contributed by atoms with Crippen LogP contribution in [0.15, 0.2) is 17.1 Å². The maximum Gasteiger partial charge on any atom is 0.351 e. The molecule has 0 amide bonds. The minimum atomic E-state index is -1.38. The summed E-state index contributed by atoms with van der Waals surface area (Å²) in [4.78, 5) is 31.2. The van der Waals surface area contributed by atoms with Gasteiger partial charge in [-0.3, -0.25) is 4.57 Å². The first-order valence-electron chi connectivity index (χ1n) is 6.65. The minimum absolute atomic E-state index is 0.00907. The molecule has 0 aromatic carbocycles. The summed E-state index contributed by atoms with van der Waals surface area (Å²) in [5, 5.41) is 28.5. The number of nitrogens with zero attached hydrogens (tertiary/aromatic N) is 2. The molecule has 1 aliphatic rings. The van der Waals surface area contributed by atoms with Crippen LogP contribution in [-0.4, -0.2) is 55.8 Å². The zero-order valence-electron chi connectivity index (χ0n) is 11.7. The number of carbonyl (C=O) groups excluding carboxylic acids is 1. The topological polar surface area (TPSA) is 143 Å². The zero-order valence-corrected chi connectivity index (χ0v) is 11.7. The summed E-state index contributed by atoms with van der Waals surface area (Å²) >= 11 is 0. The Bertz CT molecular complexity index is 590. The molecule has 10 heteroatoms. The predicted octanol–water partition coefficient (Wildman–Crippen LogP) is -1.87. The number of anilines is 1. The van der Waals surface area contributed by atoms with Gasteiger partial charge in [-0.05, 0) is 0 Å². The first kappa shape index (κ1) is 16.4. The Morgan fingerprint density at radius 2 is 2.23 bits per heavy atom. The lowest BCUT2D eigenvalue weighted by molar-refractivity contribution is -0.140. The molecule has 0 spiro atoms. The van der Waals surface area contributed by atoms with E-state index in [4.69, 9.17) is 9.84 Å². The first-order chi connectivity index (χ1) is 10.5. The van der Waals surface area contributed by atoms with E-state index in [-0.39, 0.29) is 12.2 Å². The van der Waals surface area contributed by atoms with Gasteiger partial charge in [-0.25, -0.2) is 15.1 Å². The highest BCUT2D eigenvalue weighted by Crippen LogP contribution is 2.28. The monoisotopic (exact) mass is 315 g/mol. The van der Waals surface area contributed by atoms with Gasteiger partial charge in [0.1, 0.15) is 18.3 Å². The second-order valence-electron chi connectivity index (χ2n) is 4.66. The lowest BCUT2D eigenvalue weighted by Gasteiger charge is -2.17. The average molecular weight is 315 g/mol. The molecule has 10 nitrogen and oxygen atoms in total. The van der Waals surface area contributed by atoms with E-state index in [1.807, 2.05) is 0 Å². The van der Waals surface area contributed by atoms with Gasteiger partial charge in [0.15, 0.2) is 12.0 Å². The Morgan fingerprint density at radius 1 is 1.50 bits per heavy atom. The molecule has 2 heterocycles. The average Bonchev–Trinajstić information content (AvgIpc) is 2.80. The smallest absolute Gasteiger partial charge is 0.351 e. The second-order valence-corrected chi connectivity index (χ2v) is 4.66. The largest absolute Gasteiger partial charge is 0.394 e. The molecule has 2 rings (SSSR count). The Hall–Kier alpha value is -2.01. The molecule has 1 unspecified atom stereocenters. The summed E-state index contributed by atoms with van der Waals surface area (Å²) in [7, 11) is 0. The molecule has 1 aliphatic heterocycles. The molecular formula is C12H17N3O7. The number of nitrogens with one attached hydrogen (secondary N) is 1. The van der Waals surface area contributed by atoms with Gasteiger partial charge in [0, 0.05) is 18.7 Å². The van der Waals surface area contributed by atoms with E-state index in [1.54, 1.807) is 6.92 Å². The van der Waals surface area contributed by atoms with E-state index >= 15 is 0 Å². The van der Waals surface area contributed by atoms with Crippen LogP contribution in [0.3, 0.4) is 0 Å². The summed E-state index contributed by atoms with van der Waals surface area (Å²) < 4.78 is 6.19. The van der Waals surface area contributed by atoms with Crippen LogP contribution in [0.1, 0.15) is 19.6 Å². The third kappa shape index (κ3) is 3.25. The molecule has 4 N–H and O–H groups in total. The van der Waals surface area contributed by atoms with Crippen LogP contribution >= 0.6 is 0 Å². The maximum atomic E-state index is 11.9. The van der Waals surface area contributed by atoms with Crippen LogP contribution in [-0.2, 0) is 14.4 Å². The summed E-state index contributed by atoms with van der Waals surface area (Å²) in [6.45, 7) is 1.11. The van der Waals surface area contributed by atoms with Crippen molar-refractivity contribution in [1.82, 2.24) is 9.55 Å². The number of aliphatic hydroxyl groups is 3. The lowest BCUT2D eigenvalue weighted by Crippen LogP contribution is -2.36. The molecule has 0 saturated carbocycles. The standard InChI is InChI=1S/C12H17N3O7/c1-2-8(17)22-14-7-3-4-15(12(20)13-7)11-10(19)9(18)6(5-16)21-11/h3-4,6,9-11,16,18-19H,2,5H2,1H3,(H,13,14,20)/t6-,9?,10+,11-/m1/s1. The van der Waals surface area contributed by atoms with Crippen molar-refractivity contribution in [2.75, 3.05) is 12.1 Å². The lowest BCUT2D eigenvalue weighted by atomic mass is 10.1. The molecule has 122 valence electrons. The van der Waals surface area contributed by atoms with Crippen molar-refractivity contribution in [1.29, 1.82) is 0 Å². The van der Waals surface area contributed by atoms with Gasteiger partial charge < -0.3 is 24.9 Å². The Balaban J connectivity index is 2.13. The first-order valence-corrected chi connectivity index (χ1v) is 6.65. The second kappa shape index (κ2) is 6.83. The van der Waals surface area contributed by atoms with E-state index in [1.165, 1.54) is 12.3 Å². The summed E-state index contributed by atoms with van der Waals surface area (Å²) in [6, 6.07) is 1.33. The van der Waals surface area contributed by atoms with Crippen LogP contribution in [0.25, 0.3) is 0 Å². The third-order valence-electron chi connectivity index (χ3n) is 3.18. The fourth-order valence-corrected chi connectivity index (χ4v) is 1.95. The van der Waals surface area contributed by atoms with Gasteiger partial charge in [0.05, 0.1) is 6.61 Å². The molecule has 1 fully saturated rings. The highest BCUT2D eigenvalue weighted by molar-refractivity contribution is 5.69. The molecule has 0 bridgehead atoms. The van der Waals surface area contributed by atoms with Gasteiger partial charge in [0.25, 0.3) is 0 Å². The van der Waals surface area contributed by atoms with E-state index in [9.17, 15) is 19.8 Å². The van der Waals surface area contributed by atoms with Crippen LogP contribution in [0, 0.1) is 0 Å². The van der Waals surface area contributed by atoms with E-state index in [0.717, 1.165) is 4.57 Å². The van der Waals surface area contributed by atoms with Crippen molar-refractivity contribution >= 4 is 11.8 Å². The van der Waals surface area contributed by atoms with Gasteiger partial charge >= 0.3 is 11.7 Å². The zero-order chi connectivity index (χ0) is 16.3. The van der Waals surface area contributed by atoms with Crippen LogP contribution in [0.2, 0.25) is 0 Å². The predicted molar refractivity (Wildman–Crippen MR) is 71.5 cm³/mol. The number of hydrogen-bond acceptors (Lipinski definition) is 9. The van der Waals surface area contributed by atoms with Gasteiger partial charge in [-0.1, -0.05) is 6.92 Å². The fourth-order valence-electron chi connectivity index (χ4n) is 1.95. The quantitative estimate of drug-likeness (QED) is 0.460. The van der Waals surface area contributed by atoms with Crippen LogP contribution in [0.4, 0.5) is 5.82 Å². The fraction of sp³-hybridized carbons (Fsp3) is 0.583. The SMILES string of the molecule is CCC(=O)ONc1ccn([C@@H]2O[C@H](CO)C(O)[C@@H]2O)c(=O)n1. The normalized spacial score (nSPS) is 27.6. The number of aliphatic hydroxyl groups excluding tert-OH is 3. The molecule has 0 radical (unpaired) electrons. The van der Waals surface area contributed by atoms with E-state index in [0.29, 0.717) is 0 Å². The number of carbonyl (C=O) groups is 1. The molecule has 22 heavy (non-hydrogen) atoms. The number of rotatable bonds is 5. The van der Waals surface area contributed by atoms with Crippen molar-refractivity contribution < 1.29 is 29.7 Å². The number of aromatic nitrogens is 2. The van der Waals surface area contributed by atoms with Crippen molar-refractivity contribution in [2.45, 2.75) is 37.9 Å². The molecule has 4 atom stereocenters. The van der Waals surface area contributed by atoms with E-state index < -0.39 is 42.8 Å². The Morgan fingerprint density at radius 3 is 2.77 bits per heavy atom. The summed E-state index contributed by atoms with van der Waals surface area (Å²) in [6.07, 6.45) is -3.43. The van der Waals surface area contributed by atoms with Crippen molar-refractivity contribution in [3.8, 4) is 0 Å². The Kier molecular flexibility index (Phi) is 5.08. The number of ether oxygens (including phenoxy) is 1.